The fourth-order valence-electron chi connectivity index (χ4n) is 1.51. The Labute approximate surface area is 117 Å². The Hall–Kier alpha value is -2.55. The molecule has 0 fully saturated rings. The molecule has 0 atom stereocenters. The molecule has 2 rings (SSSR count). The zero-order valence-corrected chi connectivity index (χ0v) is 11.1. The number of nitrogens with zero attached hydrogens (tertiary/aromatic N) is 3. The van der Waals surface area contributed by atoms with E-state index in [1.807, 2.05) is 0 Å². The zero-order valence-electron chi connectivity index (χ0n) is 10.3. The number of hydrogen-bond donors (Lipinski definition) is 2. The van der Waals surface area contributed by atoms with Crippen molar-refractivity contribution in [3.05, 3.63) is 45.0 Å². The van der Waals surface area contributed by atoms with E-state index in [1.54, 1.807) is 12.1 Å². The normalized spacial score (nSPS) is 10.2. The number of carbonyl (C=O) groups is 1. The van der Waals surface area contributed by atoms with E-state index in [2.05, 4.69) is 15.5 Å². The zero-order chi connectivity index (χ0) is 14.5. The first-order valence-electron chi connectivity index (χ1n) is 5.67. The molecule has 1 heterocycles. The second-order valence-corrected chi connectivity index (χ2v) is 4.88. The summed E-state index contributed by atoms with van der Waals surface area (Å²) in [6.07, 6.45) is 0.567. The van der Waals surface area contributed by atoms with Crippen LogP contribution in [0.1, 0.15) is 15.4 Å². The molecule has 20 heavy (non-hydrogen) atoms. The van der Waals surface area contributed by atoms with Crippen molar-refractivity contribution in [2.75, 3.05) is 12.3 Å². The average Bonchev–Trinajstić information content (AvgIpc) is 2.86. The Morgan fingerprint density at radius 2 is 2.05 bits per heavy atom. The molecule has 0 aliphatic carbocycles. The summed E-state index contributed by atoms with van der Waals surface area (Å²) in [4.78, 5) is 21.7. The van der Waals surface area contributed by atoms with Gasteiger partial charge in [-0.2, -0.15) is 0 Å². The van der Waals surface area contributed by atoms with Crippen LogP contribution in [0.3, 0.4) is 0 Å². The molecule has 3 N–H and O–H groups in total. The van der Waals surface area contributed by atoms with Crippen molar-refractivity contribution in [2.24, 2.45) is 0 Å². The van der Waals surface area contributed by atoms with Gasteiger partial charge in [-0.05, 0) is 12.0 Å². The van der Waals surface area contributed by atoms with Gasteiger partial charge in [0.15, 0.2) is 0 Å². The summed E-state index contributed by atoms with van der Waals surface area (Å²) >= 11 is 1.02. The number of non-ortho nitro benzene ring substituents is 1. The minimum atomic E-state index is -0.453. The number of anilines is 1. The van der Waals surface area contributed by atoms with Crippen molar-refractivity contribution in [3.63, 3.8) is 0 Å². The second-order valence-electron chi connectivity index (χ2n) is 3.87. The average molecular weight is 293 g/mol. The van der Waals surface area contributed by atoms with Crippen molar-refractivity contribution < 1.29 is 9.72 Å². The van der Waals surface area contributed by atoms with Gasteiger partial charge in [0.05, 0.1) is 4.92 Å². The fraction of sp³-hybridized carbons (Fsp3) is 0.182. The van der Waals surface area contributed by atoms with Gasteiger partial charge in [-0.3, -0.25) is 14.9 Å². The van der Waals surface area contributed by atoms with Gasteiger partial charge in [0.2, 0.25) is 10.1 Å². The Balaban J connectivity index is 1.83. The van der Waals surface area contributed by atoms with Gasteiger partial charge in [0.1, 0.15) is 0 Å². The summed E-state index contributed by atoms with van der Waals surface area (Å²) in [5.74, 6) is -0.332. The van der Waals surface area contributed by atoms with Crippen LogP contribution < -0.4 is 11.1 Å². The first-order valence-corrected chi connectivity index (χ1v) is 6.48. The third-order valence-electron chi connectivity index (χ3n) is 2.48. The molecule has 0 aliphatic heterocycles. The molecule has 2 aromatic rings. The van der Waals surface area contributed by atoms with Crippen LogP contribution in [0.15, 0.2) is 24.3 Å². The highest BCUT2D eigenvalue weighted by atomic mass is 32.1. The molecule has 0 unspecified atom stereocenters. The minimum absolute atomic E-state index is 0.0436. The molecule has 0 saturated heterocycles. The van der Waals surface area contributed by atoms with E-state index >= 15 is 0 Å². The number of hydrogen-bond acceptors (Lipinski definition) is 7. The van der Waals surface area contributed by atoms with Crippen molar-refractivity contribution >= 4 is 28.1 Å². The molecule has 1 aromatic carbocycles. The van der Waals surface area contributed by atoms with E-state index in [0.717, 1.165) is 16.9 Å². The van der Waals surface area contributed by atoms with Crippen molar-refractivity contribution in [3.8, 4) is 0 Å². The van der Waals surface area contributed by atoms with Crippen molar-refractivity contribution in [1.82, 2.24) is 15.5 Å². The highest BCUT2D eigenvalue weighted by molar-refractivity contribution is 7.16. The highest BCUT2D eigenvalue weighted by Gasteiger charge is 2.10. The number of nitro benzene ring substituents is 1. The van der Waals surface area contributed by atoms with E-state index in [-0.39, 0.29) is 21.7 Å². The first kappa shape index (κ1) is 13.9. The molecule has 0 saturated carbocycles. The van der Waals surface area contributed by atoms with Gasteiger partial charge in [0.25, 0.3) is 11.6 Å². The van der Waals surface area contributed by atoms with Crippen LogP contribution >= 0.6 is 11.3 Å². The maximum atomic E-state index is 11.6. The van der Waals surface area contributed by atoms with Crippen LogP contribution in [0.2, 0.25) is 0 Å². The SMILES string of the molecule is Nc1nnc(C(=O)NCCc2ccc([N+](=O)[O-])cc2)s1. The van der Waals surface area contributed by atoms with E-state index in [0.29, 0.717) is 13.0 Å². The van der Waals surface area contributed by atoms with E-state index in [9.17, 15) is 14.9 Å². The van der Waals surface area contributed by atoms with Crippen molar-refractivity contribution in [2.45, 2.75) is 6.42 Å². The molecule has 0 radical (unpaired) electrons. The maximum absolute atomic E-state index is 11.6. The third-order valence-corrected chi connectivity index (χ3v) is 3.23. The summed E-state index contributed by atoms with van der Waals surface area (Å²) < 4.78 is 0. The lowest BCUT2D eigenvalue weighted by Crippen LogP contribution is -2.25. The lowest BCUT2D eigenvalue weighted by molar-refractivity contribution is -0.384. The first-order chi connectivity index (χ1) is 9.56. The van der Waals surface area contributed by atoms with Crippen LogP contribution in [-0.2, 0) is 6.42 Å². The summed E-state index contributed by atoms with van der Waals surface area (Å²) in [6, 6.07) is 6.19. The number of aromatic nitrogens is 2. The molecule has 1 aromatic heterocycles. The monoisotopic (exact) mass is 293 g/mol. The molecule has 0 spiro atoms. The number of nitrogens with one attached hydrogen (secondary N) is 1. The predicted molar refractivity (Wildman–Crippen MR) is 73.5 cm³/mol. The summed E-state index contributed by atoms with van der Waals surface area (Å²) in [6.45, 7) is 0.399. The Morgan fingerprint density at radius 3 is 2.60 bits per heavy atom. The number of nitrogen functional groups attached to an aromatic ring is 1. The predicted octanol–water partition coefficient (Wildman–Crippen LogP) is 1.00. The second kappa shape index (κ2) is 6.06. The van der Waals surface area contributed by atoms with E-state index in [1.165, 1.54) is 12.1 Å². The lowest BCUT2D eigenvalue weighted by Gasteiger charge is -2.02. The summed E-state index contributed by atoms with van der Waals surface area (Å²) in [5, 5.41) is 20.8. The van der Waals surface area contributed by atoms with Crippen LogP contribution in [-0.4, -0.2) is 27.6 Å². The standard InChI is InChI=1S/C11H11N5O3S/c12-11-15-14-10(20-11)9(17)13-6-5-7-1-3-8(4-2-7)16(18)19/h1-4H,5-6H2,(H2,12,15)(H,13,17). The van der Waals surface area contributed by atoms with Gasteiger partial charge in [-0.1, -0.05) is 23.5 Å². The number of benzene rings is 1. The van der Waals surface area contributed by atoms with E-state index in [4.69, 9.17) is 5.73 Å². The van der Waals surface area contributed by atoms with E-state index < -0.39 is 4.92 Å². The van der Waals surface area contributed by atoms with Gasteiger partial charge in [0, 0.05) is 18.7 Å². The molecular weight excluding hydrogens is 282 g/mol. The smallest absolute Gasteiger partial charge is 0.282 e. The molecule has 0 aliphatic rings. The van der Waals surface area contributed by atoms with Crippen LogP contribution in [0.5, 0.6) is 0 Å². The highest BCUT2D eigenvalue weighted by Crippen LogP contribution is 2.12. The van der Waals surface area contributed by atoms with Crippen LogP contribution in [0.4, 0.5) is 10.8 Å². The molecule has 1 amide bonds. The summed E-state index contributed by atoms with van der Waals surface area (Å²) in [7, 11) is 0. The van der Waals surface area contributed by atoms with Crippen LogP contribution in [0, 0.1) is 10.1 Å². The minimum Gasteiger partial charge on any atom is -0.374 e. The quantitative estimate of drug-likeness (QED) is 0.626. The fourth-order valence-corrected chi connectivity index (χ4v) is 2.03. The summed E-state index contributed by atoms with van der Waals surface area (Å²) in [5.41, 5.74) is 6.32. The molecule has 104 valence electrons. The largest absolute Gasteiger partial charge is 0.374 e. The Kier molecular flexibility index (Phi) is 4.20. The Morgan fingerprint density at radius 1 is 1.35 bits per heavy atom. The maximum Gasteiger partial charge on any atom is 0.282 e. The number of nitro groups is 1. The van der Waals surface area contributed by atoms with Crippen LogP contribution in [0.25, 0.3) is 0 Å². The number of nitrogens with two attached hydrogens (primary N) is 1. The molecule has 8 nitrogen and oxygen atoms in total. The Bertz CT molecular complexity index is 625. The third kappa shape index (κ3) is 3.48. The van der Waals surface area contributed by atoms with Gasteiger partial charge >= 0.3 is 0 Å². The molecular formula is C11H11N5O3S. The number of carbonyl (C=O) groups excluding carboxylic acids is 1. The van der Waals surface area contributed by atoms with Gasteiger partial charge < -0.3 is 11.1 Å². The van der Waals surface area contributed by atoms with Gasteiger partial charge in [-0.15, -0.1) is 10.2 Å². The van der Waals surface area contributed by atoms with Crippen molar-refractivity contribution in [1.29, 1.82) is 0 Å². The number of rotatable bonds is 5. The number of amides is 1. The topological polar surface area (TPSA) is 124 Å². The molecule has 9 heteroatoms. The molecule has 0 bridgehead atoms. The lowest BCUT2D eigenvalue weighted by atomic mass is 10.1. The van der Waals surface area contributed by atoms with Gasteiger partial charge in [-0.25, -0.2) is 0 Å².